The normalized spacial score (nSPS) is 11.5. The van der Waals surface area contributed by atoms with Crippen LogP contribution < -0.4 is 4.74 Å². The maximum Gasteiger partial charge on any atom is 0.195 e. The van der Waals surface area contributed by atoms with Crippen LogP contribution in [0, 0.1) is 6.92 Å². The van der Waals surface area contributed by atoms with Gasteiger partial charge in [0.15, 0.2) is 11.0 Å². The summed E-state index contributed by atoms with van der Waals surface area (Å²) in [6.07, 6.45) is 1.23. The quantitative estimate of drug-likeness (QED) is 0.537. The molecule has 0 aliphatic heterocycles. The van der Waals surface area contributed by atoms with E-state index >= 15 is 0 Å². The summed E-state index contributed by atoms with van der Waals surface area (Å²) in [5.41, 5.74) is 1.96. The van der Waals surface area contributed by atoms with Crippen LogP contribution >= 0.6 is 11.8 Å². The van der Waals surface area contributed by atoms with Crippen LogP contribution in [0.15, 0.2) is 59.8 Å². The lowest BCUT2D eigenvalue weighted by Gasteiger charge is -2.12. The molecular weight excluding hydrogens is 382 g/mol. The molecule has 0 unspecified atom stereocenters. The number of aromatic nitrogens is 3. The Bertz CT molecular complexity index is 1000. The summed E-state index contributed by atoms with van der Waals surface area (Å²) in [6.45, 7) is 2.25. The van der Waals surface area contributed by atoms with Crippen molar-refractivity contribution in [2.24, 2.45) is 0 Å². The summed E-state index contributed by atoms with van der Waals surface area (Å²) in [5.74, 6) is 1.97. The van der Waals surface area contributed by atoms with Crippen LogP contribution in [0.1, 0.15) is 11.4 Å². The van der Waals surface area contributed by atoms with E-state index in [0.717, 1.165) is 17.0 Å². The number of sulfone groups is 1. The molecule has 0 atom stereocenters. The number of hydrogen-bond donors (Lipinski definition) is 0. The SMILES string of the molecule is Cc1ccccc1OCc1nnc(SCCS(C)(=O)=O)n1-c1ccccc1. The van der Waals surface area contributed by atoms with Gasteiger partial charge in [-0.25, -0.2) is 8.42 Å². The van der Waals surface area contributed by atoms with Gasteiger partial charge in [-0.2, -0.15) is 0 Å². The minimum Gasteiger partial charge on any atom is -0.485 e. The Labute approximate surface area is 163 Å². The first-order valence-electron chi connectivity index (χ1n) is 8.43. The summed E-state index contributed by atoms with van der Waals surface area (Å²) in [4.78, 5) is 0. The number of ether oxygens (including phenoxy) is 1. The molecule has 0 fully saturated rings. The predicted octanol–water partition coefficient (Wildman–Crippen LogP) is 3.29. The molecule has 0 saturated heterocycles. The van der Waals surface area contributed by atoms with E-state index in [4.69, 9.17) is 4.74 Å². The van der Waals surface area contributed by atoms with E-state index in [1.807, 2.05) is 66.1 Å². The van der Waals surface area contributed by atoms with Gasteiger partial charge in [0.05, 0.1) is 5.75 Å². The predicted molar refractivity (Wildman–Crippen MR) is 107 cm³/mol. The number of benzene rings is 2. The summed E-state index contributed by atoms with van der Waals surface area (Å²) in [7, 11) is -3.02. The largest absolute Gasteiger partial charge is 0.485 e. The third kappa shape index (κ3) is 5.33. The van der Waals surface area contributed by atoms with Gasteiger partial charge in [0.25, 0.3) is 0 Å². The maximum atomic E-state index is 11.4. The molecule has 3 aromatic rings. The molecule has 6 nitrogen and oxygen atoms in total. The van der Waals surface area contributed by atoms with Crippen LogP contribution in [0.3, 0.4) is 0 Å². The number of para-hydroxylation sites is 2. The standard InChI is InChI=1S/C19H21N3O3S2/c1-15-8-6-7-11-17(15)25-14-18-20-21-19(26-12-13-27(2,23)24)22(18)16-9-4-3-5-10-16/h3-11H,12-14H2,1-2H3. The molecule has 1 heterocycles. The van der Waals surface area contributed by atoms with Gasteiger partial charge in [-0.05, 0) is 30.7 Å². The highest BCUT2D eigenvalue weighted by atomic mass is 32.2. The zero-order chi connectivity index (χ0) is 19.3. The van der Waals surface area contributed by atoms with E-state index in [0.29, 0.717) is 16.7 Å². The highest BCUT2D eigenvalue weighted by Crippen LogP contribution is 2.24. The molecule has 0 spiro atoms. The van der Waals surface area contributed by atoms with Gasteiger partial charge in [-0.3, -0.25) is 4.57 Å². The maximum absolute atomic E-state index is 11.4. The summed E-state index contributed by atoms with van der Waals surface area (Å²) in [6, 6.07) is 17.5. The van der Waals surface area contributed by atoms with Gasteiger partial charge in [-0.15, -0.1) is 10.2 Å². The number of hydrogen-bond acceptors (Lipinski definition) is 6. The Morgan fingerprint density at radius 3 is 2.44 bits per heavy atom. The van der Waals surface area contributed by atoms with Crippen molar-refractivity contribution in [2.75, 3.05) is 17.8 Å². The lowest BCUT2D eigenvalue weighted by atomic mass is 10.2. The zero-order valence-corrected chi connectivity index (χ0v) is 16.8. The van der Waals surface area contributed by atoms with Gasteiger partial charge in [0.1, 0.15) is 22.2 Å². The van der Waals surface area contributed by atoms with Crippen molar-refractivity contribution in [3.63, 3.8) is 0 Å². The van der Waals surface area contributed by atoms with Crippen molar-refractivity contribution in [1.82, 2.24) is 14.8 Å². The summed E-state index contributed by atoms with van der Waals surface area (Å²) in [5, 5.41) is 9.16. The fourth-order valence-electron chi connectivity index (χ4n) is 2.47. The van der Waals surface area contributed by atoms with Crippen molar-refractivity contribution >= 4 is 21.6 Å². The molecule has 0 aliphatic carbocycles. The zero-order valence-electron chi connectivity index (χ0n) is 15.2. The highest BCUT2D eigenvalue weighted by molar-refractivity contribution is 8.00. The van der Waals surface area contributed by atoms with Crippen molar-refractivity contribution in [2.45, 2.75) is 18.7 Å². The highest BCUT2D eigenvalue weighted by Gasteiger charge is 2.16. The number of aryl methyl sites for hydroxylation is 1. The second kappa shape index (κ2) is 8.58. The molecule has 0 bridgehead atoms. The van der Waals surface area contributed by atoms with E-state index < -0.39 is 9.84 Å². The third-order valence-corrected chi connectivity index (χ3v) is 5.99. The minimum absolute atomic E-state index is 0.0916. The Hall–Kier alpha value is -2.32. The first-order valence-corrected chi connectivity index (χ1v) is 11.5. The van der Waals surface area contributed by atoms with Crippen LogP contribution in [-0.4, -0.2) is 40.9 Å². The van der Waals surface area contributed by atoms with Crippen LogP contribution in [-0.2, 0) is 16.4 Å². The van der Waals surface area contributed by atoms with Gasteiger partial charge in [-0.1, -0.05) is 48.2 Å². The van der Waals surface area contributed by atoms with Gasteiger partial charge in [0.2, 0.25) is 0 Å². The van der Waals surface area contributed by atoms with E-state index in [9.17, 15) is 8.42 Å². The average Bonchev–Trinajstić information content (AvgIpc) is 3.03. The second-order valence-electron chi connectivity index (χ2n) is 6.10. The van der Waals surface area contributed by atoms with Gasteiger partial charge in [0, 0.05) is 17.7 Å². The summed E-state index contributed by atoms with van der Waals surface area (Å²) >= 11 is 1.37. The third-order valence-electron chi connectivity index (χ3n) is 3.85. The molecule has 0 radical (unpaired) electrons. The van der Waals surface area contributed by atoms with Crippen LogP contribution in [0.5, 0.6) is 5.75 Å². The minimum atomic E-state index is -3.02. The molecule has 8 heteroatoms. The van der Waals surface area contributed by atoms with E-state index in [-0.39, 0.29) is 12.4 Å². The average molecular weight is 404 g/mol. The Kier molecular flexibility index (Phi) is 6.18. The fraction of sp³-hybridized carbons (Fsp3) is 0.263. The molecule has 2 aromatic carbocycles. The Morgan fingerprint density at radius 1 is 1.04 bits per heavy atom. The van der Waals surface area contributed by atoms with Crippen molar-refractivity contribution in [1.29, 1.82) is 0 Å². The molecule has 27 heavy (non-hydrogen) atoms. The number of rotatable bonds is 8. The number of thioether (sulfide) groups is 1. The molecule has 0 amide bonds. The van der Waals surface area contributed by atoms with Crippen molar-refractivity contribution < 1.29 is 13.2 Å². The van der Waals surface area contributed by atoms with Crippen molar-refractivity contribution in [3.05, 3.63) is 66.0 Å². The monoisotopic (exact) mass is 403 g/mol. The molecule has 0 N–H and O–H groups in total. The lowest BCUT2D eigenvalue weighted by Crippen LogP contribution is -2.08. The molecule has 0 aliphatic rings. The Morgan fingerprint density at radius 2 is 1.74 bits per heavy atom. The van der Waals surface area contributed by atoms with Crippen molar-refractivity contribution in [3.8, 4) is 11.4 Å². The second-order valence-corrected chi connectivity index (χ2v) is 9.42. The molecule has 1 aromatic heterocycles. The molecular formula is C19H21N3O3S2. The fourth-order valence-corrected chi connectivity index (χ4v) is 4.63. The smallest absolute Gasteiger partial charge is 0.195 e. The summed E-state index contributed by atoms with van der Waals surface area (Å²) < 4.78 is 30.6. The topological polar surface area (TPSA) is 74.1 Å². The first kappa shape index (κ1) is 19.4. The molecule has 142 valence electrons. The lowest BCUT2D eigenvalue weighted by molar-refractivity contribution is 0.291. The number of nitrogens with zero attached hydrogens (tertiary/aromatic N) is 3. The Balaban J connectivity index is 1.84. The van der Waals surface area contributed by atoms with Gasteiger partial charge < -0.3 is 4.74 Å². The molecule has 0 saturated carbocycles. The van der Waals surface area contributed by atoms with Crippen LogP contribution in [0.25, 0.3) is 5.69 Å². The van der Waals surface area contributed by atoms with E-state index in [1.165, 1.54) is 18.0 Å². The van der Waals surface area contributed by atoms with Gasteiger partial charge >= 0.3 is 0 Å². The first-order chi connectivity index (χ1) is 12.9. The molecule has 3 rings (SSSR count). The van der Waals surface area contributed by atoms with Crippen LogP contribution in [0.4, 0.5) is 0 Å². The van der Waals surface area contributed by atoms with E-state index in [1.54, 1.807) is 0 Å². The van der Waals surface area contributed by atoms with Crippen LogP contribution in [0.2, 0.25) is 0 Å². The van der Waals surface area contributed by atoms with E-state index in [2.05, 4.69) is 10.2 Å².